The van der Waals surface area contributed by atoms with Crippen molar-refractivity contribution in [1.29, 1.82) is 0 Å². The van der Waals surface area contributed by atoms with Crippen molar-refractivity contribution in [2.24, 2.45) is 5.92 Å². The van der Waals surface area contributed by atoms with Gasteiger partial charge in [-0.15, -0.1) is 11.8 Å². The Kier molecular flexibility index (Phi) is 5.81. The highest BCUT2D eigenvalue weighted by Gasteiger charge is 2.19. The molecule has 1 N–H and O–H groups in total. The molecule has 1 unspecified atom stereocenters. The molecule has 1 nitrogen and oxygen atoms in total. The molecule has 1 aromatic rings. The predicted molar refractivity (Wildman–Crippen MR) is 78.6 cm³/mol. The summed E-state index contributed by atoms with van der Waals surface area (Å²) in [6.45, 7) is 11.3. The molecule has 1 atom stereocenters. The molecule has 0 amide bonds. The first-order valence-electron chi connectivity index (χ1n) is 6.56. The first-order valence-corrected chi connectivity index (χ1v) is 7.44. The second-order valence-corrected chi connectivity index (χ2v) is 7.39. The number of nitrogens with one attached hydrogen (secondary N) is 1. The molecule has 0 heterocycles. The molecule has 0 radical (unpaired) electrons. The van der Waals surface area contributed by atoms with E-state index in [4.69, 9.17) is 0 Å². The third kappa shape index (κ3) is 5.91. The summed E-state index contributed by atoms with van der Waals surface area (Å²) in [4.78, 5) is 0.510. The van der Waals surface area contributed by atoms with Gasteiger partial charge in [0.1, 0.15) is 11.6 Å². The molecule has 4 heteroatoms. The van der Waals surface area contributed by atoms with Crippen LogP contribution in [-0.4, -0.2) is 17.3 Å². The fourth-order valence-electron chi connectivity index (χ4n) is 1.55. The number of halogens is 2. The number of rotatable bonds is 5. The van der Waals surface area contributed by atoms with Gasteiger partial charge in [0.05, 0.1) is 0 Å². The Bertz CT molecular complexity index is 413. The van der Waals surface area contributed by atoms with Crippen LogP contribution in [0.4, 0.5) is 8.78 Å². The number of hydrogen-bond acceptors (Lipinski definition) is 2. The lowest BCUT2D eigenvalue weighted by molar-refractivity contribution is 0.407. The number of benzene rings is 1. The van der Waals surface area contributed by atoms with Gasteiger partial charge in [0.2, 0.25) is 0 Å². The zero-order valence-electron chi connectivity index (χ0n) is 12.3. The van der Waals surface area contributed by atoms with E-state index in [1.165, 1.54) is 23.9 Å². The van der Waals surface area contributed by atoms with Crippen LogP contribution in [0.2, 0.25) is 0 Å². The van der Waals surface area contributed by atoms with Crippen LogP contribution in [0, 0.1) is 17.6 Å². The molecule has 1 rings (SSSR count). The fraction of sp³-hybridized carbons (Fsp3) is 0.600. The van der Waals surface area contributed by atoms with E-state index < -0.39 is 11.6 Å². The first-order chi connectivity index (χ1) is 8.69. The standard InChI is InChI=1S/C15H23F2NS/c1-10(2)14(9-18-15(3,4)5)19-13-7-6-11(16)8-12(13)17/h6-8,10,14,18H,9H2,1-5H3. The fourth-order valence-corrected chi connectivity index (χ4v) is 2.64. The Hall–Kier alpha value is -0.610. The molecule has 0 spiro atoms. The molecule has 1 aromatic carbocycles. The Labute approximate surface area is 119 Å². The number of thioether (sulfide) groups is 1. The minimum Gasteiger partial charge on any atom is -0.311 e. The van der Waals surface area contributed by atoms with Crippen molar-refractivity contribution in [3.05, 3.63) is 29.8 Å². The van der Waals surface area contributed by atoms with Crippen LogP contribution in [0.15, 0.2) is 23.1 Å². The number of hydrogen-bond donors (Lipinski definition) is 1. The molecule has 0 aliphatic heterocycles. The summed E-state index contributed by atoms with van der Waals surface area (Å²) in [5.74, 6) is -0.605. The van der Waals surface area contributed by atoms with Crippen molar-refractivity contribution < 1.29 is 8.78 Å². The van der Waals surface area contributed by atoms with Gasteiger partial charge in [-0.05, 0) is 38.8 Å². The summed E-state index contributed by atoms with van der Waals surface area (Å²) in [7, 11) is 0. The van der Waals surface area contributed by atoms with E-state index in [2.05, 4.69) is 39.9 Å². The topological polar surface area (TPSA) is 12.0 Å². The second-order valence-electron chi connectivity index (χ2n) is 6.11. The summed E-state index contributed by atoms with van der Waals surface area (Å²) in [5.41, 5.74) is 0.0367. The summed E-state index contributed by atoms with van der Waals surface area (Å²) < 4.78 is 26.6. The first kappa shape index (κ1) is 16.4. The maximum atomic E-state index is 13.7. The SMILES string of the molecule is CC(C)C(CNC(C)(C)C)Sc1ccc(F)cc1F. The van der Waals surface area contributed by atoms with Crippen LogP contribution in [0.1, 0.15) is 34.6 Å². The molecular weight excluding hydrogens is 264 g/mol. The molecule has 0 fully saturated rings. The van der Waals surface area contributed by atoms with E-state index >= 15 is 0 Å². The Morgan fingerprint density at radius 3 is 2.32 bits per heavy atom. The van der Waals surface area contributed by atoms with Gasteiger partial charge in [0.15, 0.2) is 0 Å². The third-order valence-electron chi connectivity index (χ3n) is 2.75. The van der Waals surface area contributed by atoms with E-state index in [-0.39, 0.29) is 10.8 Å². The molecule has 0 saturated heterocycles. The van der Waals surface area contributed by atoms with Crippen LogP contribution < -0.4 is 5.32 Å². The highest BCUT2D eigenvalue weighted by atomic mass is 32.2. The van der Waals surface area contributed by atoms with Crippen LogP contribution >= 0.6 is 11.8 Å². The normalized spacial score (nSPS) is 13.9. The quantitative estimate of drug-likeness (QED) is 0.802. The summed E-state index contributed by atoms with van der Waals surface area (Å²) in [5, 5.41) is 3.69. The highest BCUT2D eigenvalue weighted by Crippen LogP contribution is 2.30. The van der Waals surface area contributed by atoms with Crippen molar-refractivity contribution in [3.8, 4) is 0 Å². The van der Waals surface area contributed by atoms with E-state index in [0.717, 1.165) is 12.6 Å². The lowest BCUT2D eigenvalue weighted by atomic mass is 10.1. The van der Waals surface area contributed by atoms with Crippen molar-refractivity contribution in [3.63, 3.8) is 0 Å². The van der Waals surface area contributed by atoms with Gasteiger partial charge in [0.25, 0.3) is 0 Å². The largest absolute Gasteiger partial charge is 0.311 e. The molecular formula is C15H23F2NS. The van der Waals surface area contributed by atoms with Crippen molar-refractivity contribution in [1.82, 2.24) is 5.32 Å². The van der Waals surface area contributed by atoms with Gasteiger partial charge in [-0.3, -0.25) is 0 Å². The average molecular weight is 287 g/mol. The Balaban J connectivity index is 2.73. The molecule has 0 aliphatic rings. The molecule has 0 aromatic heterocycles. The summed E-state index contributed by atoms with van der Waals surface area (Å²) >= 11 is 1.47. The van der Waals surface area contributed by atoms with Crippen molar-refractivity contribution in [2.75, 3.05) is 6.54 Å². The lowest BCUT2D eigenvalue weighted by Crippen LogP contribution is -2.41. The zero-order chi connectivity index (χ0) is 14.6. The van der Waals surface area contributed by atoms with Gasteiger partial charge in [-0.1, -0.05) is 13.8 Å². The van der Waals surface area contributed by atoms with E-state index in [1.54, 1.807) is 0 Å². The van der Waals surface area contributed by atoms with E-state index in [0.29, 0.717) is 10.8 Å². The molecule has 0 saturated carbocycles. The maximum absolute atomic E-state index is 13.7. The Morgan fingerprint density at radius 2 is 1.84 bits per heavy atom. The molecule has 0 bridgehead atoms. The van der Waals surface area contributed by atoms with Gasteiger partial charge < -0.3 is 5.32 Å². The van der Waals surface area contributed by atoms with Crippen molar-refractivity contribution in [2.45, 2.75) is 50.3 Å². The molecule has 108 valence electrons. The minimum atomic E-state index is -0.532. The molecule has 0 aliphatic carbocycles. The monoisotopic (exact) mass is 287 g/mol. The molecule has 19 heavy (non-hydrogen) atoms. The zero-order valence-corrected chi connectivity index (χ0v) is 13.1. The highest BCUT2D eigenvalue weighted by molar-refractivity contribution is 8.00. The summed E-state index contributed by atoms with van der Waals surface area (Å²) in [6.07, 6.45) is 0. The van der Waals surface area contributed by atoms with Crippen LogP contribution in [0.5, 0.6) is 0 Å². The third-order valence-corrected chi connectivity index (χ3v) is 4.35. The lowest BCUT2D eigenvalue weighted by Gasteiger charge is -2.27. The van der Waals surface area contributed by atoms with Crippen LogP contribution in [0.25, 0.3) is 0 Å². The smallest absolute Gasteiger partial charge is 0.139 e. The minimum absolute atomic E-state index is 0.0367. The van der Waals surface area contributed by atoms with E-state index in [9.17, 15) is 8.78 Å². The van der Waals surface area contributed by atoms with Gasteiger partial charge in [-0.25, -0.2) is 8.78 Å². The van der Waals surface area contributed by atoms with E-state index in [1.807, 2.05) is 0 Å². The maximum Gasteiger partial charge on any atom is 0.139 e. The van der Waals surface area contributed by atoms with Crippen LogP contribution in [0.3, 0.4) is 0 Å². The van der Waals surface area contributed by atoms with Crippen molar-refractivity contribution >= 4 is 11.8 Å². The van der Waals surface area contributed by atoms with Gasteiger partial charge in [-0.2, -0.15) is 0 Å². The Morgan fingerprint density at radius 1 is 1.21 bits per heavy atom. The van der Waals surface area contributed by atoms with Crippen LogP contribution in [-0.2, 0) is 0 Å². The predicted octanol–water partition coefficient (Wildman–Crippen LogP) is 4.47. The van der Waals surface area contributed by atoms with Gasteiger partial charge >= 0.3 is 0 Å². The summed E-state index contributed by atoms with van der Waals surface area (Å²) in [6, 6.07) is 3.76. The second kappa shape index (κ2) is 6.71. The van der Waals surface area contributed by atoms with Gasteiger partial charge in [0, 0.05) is 28.3 Å². The average Bonchev–Trinajstić information content (AvgIpc) is 2.24.